The Morgan fingerprint density at radius 1 is 1.09 bits per heavy atom. The van der Waals surface area contributed by atoms with Gasteiger partial charge in [-0.1, -0.05) is 36.4 Å². The quantitative estimate of drug-likeness (QED) is 0.442. The fourth-order valence-electron chi connectivity index (χ4n) is 5.03. The number of carbonyl (C=O) groups excluding carboxylic acids is 2. The summed E-state index contributed by atoms with van der Waals surface area (Å²) in [5.41, 5.74) is 4.80. The van der Waals surface area contributed by atoms with Gasteiger partial charge in [-0.2, -0.15) is 0 Å². The van der Waals surface area contributed by atoms with E-state index in [1.54, 1.807) is 12.3 Å². The first kappa shape index (κ1) is 22.8. The maximum Gasteiger partial charge on any atom is 0.256 e. The van der Waals surface area contributed by atoms with Crippen molar-refractivity contribution in [2.75, 3.05) is 11.9 Å². The van der Waals surface area contributed by atoms with Gasteiger partial charge in [-0.15, -0.1) is 0 Å². The summed E-state index contributed by atoms with van der Waals surface area (Å²) >= 11 is 0. The molecule has 2 amide bonds. The first-order valence-corrected chi connectivity index (χ1v) is 12.0. The number of aryl methyl sites for hydroxylation is 1. The van der Waals surface area contributed by atoms with E-state index in [4.69, 9.17) is 4.98 Å². The highest BCUT2D eigenvalue weighted by Crippen LogP contribution is 2.34. The number of hydrogen-bond acceptors (Lipinski definition) is 4. The van der Waals surface area contributed by atoms with Crippen LogP contribution in [0, 0.1) is 6.92 Å². The van der Waals surface area contributed by atoms with Crippen LogP contribution < -0.4 is 5.32 Å². The lowest BCUT2D eigenvalue weighted by atomic mass is 9.95. The lowest BCUT2D eigenvalue weighted by molar-refractivity contribution is -0.114. The largest absolute Gasteiger partial charge is 0.331 e. The molecule has 2 aromatic heterocycles. The number of imidazole rings is 1. The normalized spacial score (nSPS) is 15.8. The minimum Gasteiger partial charge on any atom is -0.331 e. The molecule has 0 saturated carbocycles. The van der Waals surface area contributed by atoms with Crippen LogP contribution in [0.25, 0.3) is 11.0 Å². The molecule has 0 spiro atoms. The molecule has 1 N–H and O–H groups in total. The molecule has 3 heterocycles. The highest BCUT2D eigenvalue weighted by atomic mass is 16.2. The van der Waals surface area contributed by atoms with Crippen molar-refractivity contribution in [1.29, 1.82) is 0 Å². The fourth-order valence-corrected chi connectivity index (χ4v) is 5.03. The molecule has 1 aliphatic heterocycles. The number of piperidine rings is 1. The number of nitrogens with one attached hydrogen (secondary N) is 1. The summed E-state index contributed by atoms with van der Waals surface area (Å²) in [7, 11) is 0. The number of pyridine rings is 1. The number of anilines is 1. The zero-order valence-corrected chi connectivity index (χ0v) is 20.1. The van der Waals surface area contributed by atoms with Crippen LogP contribution in [0.2, 0.25) is 0 Å². The lowest BCUT2D eigenvalue weighted by Gasteiger charge is -2.36. The Morgan fingerprint density at radius 2 is 1.91 bits per heavy atom. The van der Waals surface area contributed by atoms with Crippen LogP contribution in [0.1, 0.15) is 59.5 Å². The number of aromatic nitrogens is 3. The van der Waals surface area contributed by atoms with Crippen molar-refractivity contribution >= 4 is 28.5 Å². The molecule has 1 unspecified atom stereocenters. The minimum absolute atomic E-state index is 0.0315. The molecule has 35 heavy (non-hydrogen) atoms. The number of benzene rings is 2. The molecule has 1 aliphatic rings. The van der Waals surface area contributed by atoms with Gasteiger partial charge >= 0.3 is 0 Å². The van der Waals surface area contributed by atoms with E-state index in [0.717, 1.165) is 41.7 Å². The lowest BCUT2D eigenvalue weighted by Crippen LogP contribution is -2.38. The summed E-state index contributed by atoms with van der Waals surface area (Å²) in [4.78, 5) is 37.1. The van der Waals surface area contributed by atoms with Crippen molar-refractivity contribution in [3.8, 4) is 0 Å². The van der Waals surface area contributed by atoms with Crippen molar-refractivity contribution in [2.45, 2.75) is 45.7 Å². The Morgan fingerprint density at radius 3 is 2.66 bits per heavy atom. The predicted octanol–water partition coefficient (Wildman–Crippen LogP) is 5.11. The average molecular weight is 468 g/mol. The van der Waals surface area contributed by atoms with E-state index >= 15 is 0 Å². The molecule has 5 rings (SSSR count). The van der Waals surface area contributed by atoms with E-state index in [2.05, 4.69) is 27.0 Å². The number of amides is 2. The van der Waals surface area contributed by atoms with Crippen LogP contribution in [0.4, 0.5) is 5.69 Å². The molecule has 0 radical (unpaired) electrons. The molecular formula is C28H29N5O2. The molecule has 1 atom stereocenters. The number of rotatable bonds is 5. The highest BCUT2D eigenvalue weighted by Gasteiger charge is 2.31. The number of fused-ring (bicyclic) bond motifs is 1. The first-order valence-electron chi connectivity index (χ1n) is 12.0. The van der Waals surface area contributed by atoms with Gasteiger partial charge < -0.3 is 14.8 Å². The molecule has 0 bridgehead atoms. The average Bonchev–Trinajstić information content (AvgIpc) is 3.18. The Kier molecular flexibility index (Phi) is 6.31. The number of nitrogens with zero attached hydrogens (tertiary/aromatic N) is 4. The summed E-state index contributed by atoms with van der Waals surface area (Å²) in [5, 5.41) is 2.85. The summed E-state index contributed by atoms with van der Waals surface area (Å²) in [6, 6.07) is 17.7. The van der Waals surface area contributed by atoms with Gasteiger partial charge in [0.1, 0.15) is 5.82 Å². The molecule has 4 aromatic rings. The Bertz CT molecular complexity index is 1360. The second kappa shape index (κ2) is 9.70. The number of carbonyl (C=O) groups is 2. The number of likely N-dealkylation sites (tertiary alicyclic amines) is 1. The Balaban J connectivity index is 1.63. The standard InChI is InChI=1S/C28H29N5O2/c1-19-30-25-16-23(31-20(2)34)15-24(27(25)33(19)18-21-9-4-3-5-10-21)28(35)32-14-7-6-12-26(32)22-11-8-13-29-17-22/h3-5,8-11,13,15-17,26H,6-7,12,14,18H2,1-2H3,(H,31,34). The molecule has 0 aliphatic carbocycles. The van der Waals surface area contributed by atoms with Crippen molar-refractivity contribution < 1.29 is 9.59 Å². The topological polar surface area (TPSA) is 80.1 Å². The van der Waals surface area contributed by atoms with Gasteiger partial charge in [0.05, 0.1) is 22.6 Å². The van der Waals surface area contributed by atoms with Gasteiger partial charge in [-0.05, 0) is 55.5 Å². The summed E-state index contributed by atoms with van der Waals surface area (Å²) in [6.07, 6.45) is 6.52. The second-order valence-corrected chi connectivity index (χ2v) is 9.10. The molecular weight excluding hydrogens is 438 g/mol. The maximum atomic E-state index is 14.2. The Hall–Kier alpha value is -4.00. The van der Waals surface area contributed by atoms with Gasteiger partial charge in [0.2, 0.25) is 5.91 Å². The number of hydrogen-bond donors (Lipinski definition) is 1. The van der Waals surface area contributed by atoms with Crippen LogP contribution in [0.15, 0.2) is 67.0 Å². The van der Waals surface area contributed by atoms with E-state index in [9.17, 15) is 9.59 Å². The molecule has 7 nitrogen and oxygen atoms in total. The first-order chi connectivity index (χ1) is 17.0. The smallest absolute Gasteiger partial charge is 0.256 e. The van der Waals surface area contributed by atoms with E-state index in [1.807, 2.05) is 54.4 Å². The second-order valence-electron chi connectivity index (χ2n) is 9.10. The van der Waals surface area contributed by atoms with Gasteiger partial charge in [-0.25, -0.2) is 4.98 Å². The molecule has 7 heteroatoms. The summed E-state index contributed by atoms with van der Waals surface area (Å²) in [5.74, 6) is 0.583. The highest BCUT2D eigenvalue weighted by molar-refractivity contribution is 6.07. The third-order valence-electron chi connectivity index (χ3n) is 6.60. The van der Waals surface area contributed by atoms with E-state index in [0.29, 0.717) is 29.9 Å². The van der Waals surface area contributed by atoms with Crippen molar-refractivity contribution in [3.63, 3.8) is 0 Å². The van der Waals surface area contributed by atoms with Crippen LogP contribution in [0.5, 0.6) is 0 Å². The molecule has 1 fully saturated rings. The van der Waals surface area contributed by atoms with Crippen LogP contribution in [0.3, 0.4) is 0 Å². The molecule has 1 saturated heterocycles. The zero-order chi connectivity index (χ0) is 24.4. The monoisotopic (exact) mass is 467 g/mol. The maximum absolute atomic E-state index is 14.2. The van der Waals surface area contributed by atoms with Crippen molar-refractivity contribution in [3.05, 3.63) is 89.5 Å². The third-order valence-corrected chi connectivity index (χ3v) is 6.60. The predicted molar refractivity (Wildman–Crippen MR) is 136 cm³/mol. The van der Waals surface area contributed by atoms with Gasteiger partial charge in [0.25, 0.3) is 5.91 Å². The summed E-state index contributed by atoms with van der Waals surface area (Å²) < 4.78 is 2.10. The molecule has 178 valence electrons. The van der Waals surface area contributed by atoms with Gasteiger partial charge in [-0.3, -0.25) is 14.6 Å². The van der Waals surface area contributed by atoms with Gasteiger partial charge in [0, 0.05) is 38.1 Å². The van der Waals surface area contributed by atoms with Gasteiger partial charge in [0.15, 0.2) is 0 Å². The van der Waals surface area contributed by atoms with E-state index in [1.165, 1.54) is 6.92 Å². The summed E-state index contributed by atoms with van der Waals surface area (Å²) in [6.45, 7) is 4.70. The van der Waals surface area contributed by atoms with Crippen molar-refractivity contribution in [1.82, 2.24) is 19.4 Å². The van der Waals surface area contributed by atoms with Crippen LogP contribution in [-0.4, -0.2) is 37.8 Å². The minimum atomic E-state index is -0.186. The third kappa shape index (κ3) is 4.67. The van der Waals surface area contributed by atoms with Crippen LogP contribution in [-0.2, 0) is 11.3 Å². The molecule has 2 aromatic carbocycles. The zero-order valence-electron chi connectivity index (χ0n) is 20.1. The Labute approximate surface area is 204 Å². The van der Waals surface area contributed by atoms with Crippen molar-refractivity contribution in [2.24, 2.45) is 0 Å². The van der Waals surface area contributed by atoms with Crippen LogP contribution >= 0.6 is 0 Å². The van der Waals surface area contributed by atoms with E-state index < -0.39 is 0 Å². The fraction of sp³-hybridized carbons (Fsp3) is 0.286. The van der Waals surface area contributed by atoms with E-state index in [-0.39, 0.29) is 17.9 Å². The SMILES string of the molecule is CC(=O)Nc1cc(C(=O)N2CCCCC2c2cccnc2)c2c(c1)nc(C)n2Cc1ccccc1.